The van der Waals surface area contributed by atoms with Gasteiger partial charge in [-0.05, 0) is 89.9 Å². The molecule has 0 bridgehead atoms. The molecule has 0 aromatic carbocycles. The number of aliphatic hydroxyl groups excluding tert-OH is 5. The smallest absolute Gasteiger partial charge is 0.305 e. The van der Waals surface area contributed by atoms with Crippen LogP contribution in [0, 0.1) is 0 Å². The molecule has 0 aliphatic carbocycles. The second kappa shape index (κ2) is 48.6. The Balaban J connectivity index is 2.18. The number of aliphatic hydroxyl groups is 5. The van der Waals surface area contributed by atoms with Crippen LogP contribution >= 0.6 is 0 Å². The molecule has 0 spiro atoms. The molecule has 70 heavy (non-hydrogen) atoms. The molecule has 1 fully saturated rings. The largest absolute Gasteiger partial charge is 0.466 e. The normalized spacial score (nSPS) is 19.7. The van der Waals surface area contributed by atoms with Gasteiger partial charge in [0.25, 0.3) is 0 Å². The van der Waals surface area contributed by atoms with E-state index < -0.39 is 49.5 Å². The minimum atomic E-state index is -1.58. The van der Waals surface area contributed by atoms with Gasteiger partial charge in [0, 0.05) is 12.8 Å². The number of ether oxygens (including phenoxy) is 3. The molecule has 0 aromatic heterocycles. The maximum absolute atomic E-state index is 13.0. The molecule has 0 aromatic rings. The van der Waals surface area contributed by atoms with Crippen molar-refractivity contribution in [1.29, 1.82) is 0 Å². The number of hydrogen-bond acceptors (Lipinski definition) is 10. The van der Waals surface area contributed by atoms with Crippen LogP contribution in [0.1, 0.15) is 239 Å². The van der Waals surface area contributed by atoms with E-state index in [2.05, 4.69) is 67.8 Å². The first-order valence-electron chi connectivity index (χ1n) is 28.6. The molecule has 7 unspecified atom stereocenters. The molecule has 0 saturated carbocycles. The first-order valence-corrected chi connectivity index (χ1v) is 28.6. The van der Waals surface area contributed by atoms with Crippen LogP contribution in [-0.4, -0.2) is 100 Å². The van der Waals surface area contributed by atoms with Crippen LogP contribution < -0.4 is 5.32 Å². The van der Waals surface area contributed by atoms with E-state index in [0.717, 1.165) is 116 Å². The fraction of sp³-hybridized carbons (Fsp3) is 0.797. The van der Waals surface area contributed by atoms with Crippen LogP contribution in [0.25, 0.3) is 0 Å². The van der Waals surface area contributed by atoms with Gasteiger partial charge in [-0.25, -0.2) is 0 Å². The van der Waals surface area contributed by atoms with Gasteiger partial charge in [0.15, 0.2) is 6.29 Å². The third kappa shape index (κ3) is 38.0. The first-order chi connectivity index (χ1) is 34.2. The number of hydrogen-bond donors (Lipinski definition) is 6. The Bertz CT molecular complexity index is 1350. The van der Waals surface area contributed by atoms with E-state index in [4.69, 9.17) is 14.2 Å². The summed E-state index contributed by atoms with van der Waals surface area (Å²) < 4.78 is 16.7. The Morgan fingerprint density at radius 3 is 1.57 bits per heavy atom. The van der Waals surface area contributed by atoms with Crippen molar-refractivity contribution in [3.63, 3.8) is 0 Å². The van der Waals surface area contributed by atoms with Crippen LogP contribution in [0.3, 0.4) is 0 Å². The highest BCUT2D eigenvalue weighted by Gasteiger charge is 2.44. The lowest BCUT2D eigenvalue weighted by molar-refractivity contribution is -0.302. The number of esters is 1. The second-order valence-electron chi connectivity index (χ2n) is 19.7. The third-order valence-corrected chi connectivity index (χ3v) is 13.1. The summed E-state index contributed by atoms with van der Waals surface area (Å²) in [6.45, 7) is 4.21. The van der Waals surface area contributed by atoms with Gasteiger partial charge >= 0.3 is 5.97 Å². The molecule has 1 aliphatic heterocycles. The van der Waals surface area contributed by atoms with Gasteiger partial charge in [-0.3, -0.25) is 9.59 Å². The molecule has 11 nitrogen and oxygen atoms in total. The van der Waals surface area contributed by atoms with Crippen LogP contribution in [0.2, 0.25) is 0 Å². The van der Waals surface area contributed by atoms with E-state index in [1.165, 1.54) is 96.3 Å². The number of nitrogens with one attached hydrogen (secondary N) is 1. The van der Waals surface area contributed by atoms with Crippen molar-refractivity contribution in [3.05, 3.63) is 60.8 Å². The summed E-state index contributed by atoms with van der Waals surface area (Å²) in [4.78, 5) is 25.1. The maximum Gasteiger partial charge on any atom is 0.305 e. The number of rotatable bonds is 48. The topological polar surface area (TPSA) is 175 Å². The summed E-state index contributed by atoms with van der Waals surface area (Å²) in [7, 11) is 0. The van der Waals surface area contributed by atoms with Crippen molar-refractivity contribution in [2.24, 2.45) is 0 Å². The van der Waals surface area contributed by atoms with E-state index in [-0.39, 0.29) is 18.5 Å². The Kier molecular flexibility index (Phi) is 45.4. The molecule has 6 N–H and O–H groups in total. The average molecular weight is 988 g/mol. The minimum Gasteiger partial charge on any atom is -0.466 e. The summed E-state index contributed by atoms with van der Waals surface area (Å²) >= 11 is 0. The van der Waals surface area contributed by atoms with Gasteiger partial charge in [-0.2, -0.15) is 0 Å². The minimum absolute atomic E-state index is 0.0564. The van der Waals surface area contributed by atoms with Crippen LogP contribution in [0.4, 0.5) is 0 Å². The second-order valence-corrected chi connectivity index (χ2v) is 19.7. The molecule has 7 atom stereocenters. The fourth-order valence-electron chi connectivity index (χ4n) is 8.50. The zero-order chi connectivity index (χ0) is 51.0. The zero-order valence-corrected chi connectivity index (χ0v) is 44.5. The van der Waals surface area contributed by atoms with E-state index in [1.54, 1.807) is 6.08 Å². The van der Waals surface area contributed by atoms with Gasteiger partial charge < -0.3 is 45.1 Å². The lowest BCUT2D eigenvalue weighted by Crippen LogP contribution is -2.60. The molecule has 1 aliphatic rings. The summed E-state index contributed by atoms with van der Waals surface area (Å²) in [5, 5.41) is 54.3. The van der Waals surface area contributed by atoms with Gasteiger partial charge in [-0.1, -0.05) is 197 Å². The Hall–Kier alpha value is -2.64. The van der Waals surface area contributed by atoms with Crippen LogP contribution in [0.15, 0.2) is 60.8 Å². The highest BCUT2D eigenvalue weighted by atomic mass is 16.7. The highest BCUT2D eigenvalue weighted by Crippen LogP contribution is 2.23. The average Bonchev–Trinajstić information content (AvgIpc) is 3.36. The third-order valence-electron chi connectivity index (χ3n) is 13.1. The zero-order valence-electron chi connectivity index (χ0n) is 44.5. The number of unbranched alkanes of at least 4 members (excludes halogenated alkanes) is 27. The SMILES string of the molecule is CCCC/C=C\C/C=C\CCCCCCCC(=O)OCCCCC/C=C\C=C/CCCCCCCCC(=O)NC(COC1OC(CO)C(O)C(O)C1O)C(O)/C=C/CCCCCCCCCCCCC. The van der Waals surface area contributed by atoms with Gasteiger partial charge in [-0.15, -0.1) is 0 Å². The molecule has 1 amide bonds. The van der Waals surface area contributed by atoms with E-state index in [1.807, 2.05) is 6.08 Å². The van der Waals surface area contributed by atoms with Crippen molar-refractivity contribution >= 4 is 11.9 Å². The van der Waals surface area contributed by atoms with E-state index in [0.29, 0.717) is 19.4 Å². The maximum atomic E-state index is 13.0. The Morgan fingerprint density at radius 2 is 1.01 bits per heavy atom. The van der Waals surface area contributed by atoms with Crippen molar-refractivity contribution in [1.82, 2.24) is 5.32 Å². The lowest BCUT2D eigenvalue weighted by Gasteiger charge is -2.40. The predicted octanol–water partition coefficient (Wildman–Crippen LogP) is 12.7. The Labute approximate surface area is 427 Å². The van der Waals surface area contributed by atoms with Crippen LogP contribution in [0.5, 0.6) is 0 Å². The summed E-state index contributed by atoms with van der Waals surface area (Å²) in [5.41, 5.74) is 0. The first kappa shape index (κ1) is 65.4. The predicted molar refractivity (Wildman–Crippen MR) is 287 cm³/mol. The molecular formula is C59H105NO10. The lowest BCUT2D eigenvalue weighted by atomic mass is 9.99. The number of allylic oxidation sites excluding steroid dienone is 9. The molecule has 1 rings (SSSR count). The molecule has 1 heterocycles. The number of carbonyl (C=O) groups is 2. The molecule has 11 heteroatoms. The van der Waals surface area contributed by atoms with Crippen molar-refractivity contribution in [2.45, 2.75) is 281 Å². The molecule has 0 radical (unpaired) electrons. The van der Waals surface area contributed by atoms with Gasteiger partial charge in [0.05, 0.1) is 32.0 Å². The molecule has 406 valence electrons. The van der Waals surface area contributed by atoms with Gasteiger partial charge in [0.2, 0.25) is 5.91 Å². The standard InChI is InChI=1S/C59H105NO10/c1-3-5-7-9-11-13-15-17-23-27-31-35-39-43-47-55(64)68-48-44-40-36-32-28-24-20-18-19-22-26-30-34-38-42-46-54(63)60-51(50-69-59-58(67)57(66)56(65)53(49-61)70-59)52(62)45-41-37-33-29-25-21-16-14-12-10-8-6-4-2/h9,11,15,17-18,20,24,28,41,45,51-53,56-59,61-62,65-67H,3-8,10,12-14,16,19,21-23,25-27,29-40,42-44,46-50H2,1-2H3,(H,60,63)/b11-9-,17-15-,20-18-,28-24-,45-41+. The van der Waals surface area contributed by atoms with Crippen molar-refractivity contribution < 1.29 is 49.3 Å². The van der Waals surface area contributed by atoms with E-state index >= 15 is 0 Å². The van der Waals surface area contributed by atoms with Crippen molar-refractivity contribution in [3.8, 4) is 0 Å². The quantitative estimate of drug-likeness (QED) is 0.0149. The van der Waals surface area contributed by atoms with Crippen LogP contribution in [-0.2, 0) is 23.8 Å². The monoisotopic (exact) mass is 988 g/mol. The number of amides is 1. The number of carbonyl (C=O) groups excluding carboxylic acids is 2. The van der Waals surface area contributed by atoms with Gasteiger partial charge in [0.1, 0.15) is 24.4 Å². The molecular weight excluding hydrogens is 883 g/mol. The fourth-order valence-corrected chi connectivity index (χ4v) is 8.50. The Morgan fingerprint density at radius 1 is 0.543 bits per heavy atom. The summed E-state index contributed by atoms with van der Waals surface area (Å²) in [6.07, 6.45) is 51.5. The highest BCUT2D eigenvalue weighted by molar-refractivity contribution is 5.76. The summed E-state index contributed by atoms with van der Waals surface area (Å²) in [5.74, 6) is -0.263. The summed E-state index contributed by atoms with van der Waals surface area (Å²) in [6, 6.07) is -0.828. The molecule has 1 saturated heterocycles. The van der Waals surface area contributed by atoms with E-state index in [9.17, 15) is 35.1 Å². The van der Waals surface area contributed by atoms with Crippen molar-refractivity contribution in [2.75, 3.05) is 19.8 Å².